The molecular weight excluding hydrogens is 304 g/mol. The lowest BCUT2D eigenvalue weighted by Crippen LogP contribution is -2.12. The molecule has 0 spiro atoms. The topological polar surface area (TPSA) is 63.6 Å². The molecule has 1 N–H and O–H groups in total. The minimum Gasteiger partial charge on any atom is -0.489 e. The van der Waals surface area contributed by atoms with Gasteiger partial charge in [-0.25, -0.2) is 4.79 Å². The van der Waals surface area contributed by atoms with Crippen LogP contribution in [0.2, 0.25) is 5.02 Å². The number of carbonyl (C=O) groups is 2. The Morgan fingerprint density at radius 3 is 2.45 bits per heavy atom. The molecule has 2 aromatic carbocycles. The summed E-state index contributed by atoms with van der Waals surface area (Å²) in [5.74, 6) is -1.50. The predicted molar refractivity (Wildman–Crippen MR) is 83.2 cm³/mol. The normalized spacial score (nSPS) is 10.2. The molecule has 0 unspecified atom stereocenters. The molecule has 0 saturated carbocycles. The summed E-state index contributed by atoms with van der Waals surface area (Å²) in [5.41, 5.74) is 1.86. The van der Waals surface area contributed by atoms with Crippen LogP contribution in [0.3, 0.4) is 0 Å². The summed E-state index contributed by atoms with van der Waals surface area (Å²) in [5, 5.41) is 9.24. The lowest BCUT2D eigenvalue weighted by molar-refractivity contribution is -0.149. The van der Waals surface area contributed by atoms with Crippen molar-refractivity contribution in [1.29, 1.82) is 0 Å². The quantitative estimate of drug-likeness (QED) is 0.794. The predicted octanol–water partition coefficient (Wildman–Crippen LogP) is 3.51. The fraction of sp³-hybridized carbons (Fsp3) is 0.176. The molecule has 2 aromatic rings. The lowest BCUT2D eigenvalue weighted by atomic mass is 10.1. The summed E-state index contributed by atoms with van der Waals surface area (Å²) in [4.78, 5) is 21.6. The van der Waals surface area contributed by atoms with Crippen LogP contribution in [0.5, 0.6) is 5.75 Å². The number of hydrogen-bond acceptors (Lipinski definition) is 3. The Kier molecular flexibility index (Phi) is 5.55. The fourth-order valence-corrected chi connectivity index (χ4v) is 2.03. The Hall–Kier alpha value is -2.33. The molecule has 0 aliphatic heterocycles. The Morgan fingerprint density at radius 1 is 1.05 bits per heavy atom. The summed E-state index contributed by atoms with van der Waals surface area (Å²) < 4.78 is 5.68. The maximum absolute atomic E-state index is 11.1. The molecule has 2 rings (SSSR count). The van der Waals surface area contributed by atoms with Crippen LogP contribution in [0.4, 0.5) is 0 Å². The van der Waals surface area contributed by atoms with Gasteiger partial charge in [0.25, 0.3) is 0 Å². The number of Topliss-reactive ketones (excluding diaryl/α,β-unsaturated/α-hetero) is 1. The maximum atomic E-state index is 11.1. The summed E-state index contributed by atoms with van der Waals surface area (Å²) >= 11 is 5.82. The lowest BCUT2D eigenvalue weighted by Gasteiger charge is -2.08. The van der Waals surface area contributed by atoms with E-state index in [1.165, 1.54) is 0 Å². The van der Waals surface area contributed by atoms with Gasteiger partial charge in [-0.3, -0.25) is 4.79 Å². The van der Waals surface area contributed by atoms with E-state index in [2.05, 4.69) is 0 Å². The SMILES string of the molecule is O=C(O)C(=O)CCc1cccc(OCc2ccc(Cl)cc2)c1. The van der Waals surface area contributed by atoms with Crippen LogP contribution in [0.15, 0.2) is 48.5 Å². The third-order valence-corrected chi connectivity index (χ3v) is 3.35. The van der Waals surface area contributed by atoms with Gasteiger partial charge >= 0.3 is 5.97 Å². The first-order valence-corrected chi connectivity index (χ1v) is 7.14. The highest BCUT2D eigenvalue weighted by Crippen LogP contribution is 2.17. The van der Waals surface area contributed by atoms with Gasteiger partial charge in [0.15, 0.2) is 0 Å². The zero-order valence-corrected chi connectivity index (χ0v) is 12.5. The highest BCUT2D eigenvalue weighted by atomic mass is 35.5. The molecule has 114 valence electrons. The van der Waals surface area contributed by atoms with Crippen LogP contribution in [-0.4, -0.2) is 16.9 Å². The number of benzene rings is 2. The van der Waals surface area contributed by atoms with Crippen molar-refractivity contribution in [1.82, 2.24) is 0 Å². The smallest absolute Gasteiger partial charge is 0.372 e. The highest BCUT2D eigenvalue weighted by molar-refractivity contribution is 6.32. The van der Waals surface area contributed by atoms with Crippen molar-refractivity contribution in [2.75, 3.05) is 0 Å². The Bertz CT molecular complexity index is 665. The van der Waals surface area contributed by atoms with E-state index >= 15 is 0 Å². The number of carboxylic acids is 1. The van der Waals surface area contributed by atoms with Crippen LogP contribution in [0.1, 0.15) is 17.5 Å². The van der Waals surface area contributed by atoms with Crippen LogP contribution in [0, 0.1) is 0 Å². The van der Waals surface area contributed by atoms with Crippen LogP contribution >= 0.6 is 11.6 Å². The molecule has 22 heavy (non-hydrogen) atoms. The summed E-state index contributed by atoms with van der Waals surface area (Å²) in [6, 6.07) is 14.7. The first kappa shape index (κ1) is 16.0. The maximum Gasteiger partial charge on any atom is 0.372 e. The van der Waals surface area contributed by atoms with E-state index < -0.39 is 11.8 Å². The summed E-state index contributed by atoms with van der Waals surface area (Å²) in [6.07, 6.45) is 0.360. The van der Waals surface area contributed by atoms with E-state index in [9.17, 15) is 9.59 Å². The molecule has 0 amide bonds. The van der Waals surface area contributed by atoms with Crippen molar-refractivity contribution >= 4 is 23.4 Å². The van der Waals surface area contributed by atoms with E-state index in [0.717, 1.165) is 11.1 Å². The van der Waals surface area contributed by atoms with Gasteiger partial charge in [0, 0.05) is 11.4 Å². The van der Waals surface area contributed by atoms with Crippen LogP contribution in [0.25, 0.3) is 0 Å². The number of aryl methyl sites for hydroxylation is 1. The largest absolute Gasteiger partial charge is 0.489 e. The van der Waals surface area contributed by atoms with E-state index in [1.54, 1.807) is 12.1 Å². The van der Waals surface area contributed by atoms with Gasteiger partial charge < -0.3 is 9.84 Å². The zero-order chi connectivity index (χ0) is 15.9. The van der Waals surface area contributed by atoms with E-state index in [-0.39, 0.29) is 6.42 Å². The Balaban J connectivity index is 1.92. The summed E-state index contributed by atoms with van der Waals surface area (Å²) in [6.45, 7) is 0.411. The molecule has 5 heteroatoms. The molecule has 0 radical (unpaired) electrons. The first-order chi connectivity index (χ1) is 10.5. The molecule has 0 aliphatic rings. The summed E-state index contributed by atoms with van der Waals surface area (Å²) in [7, 11) is 0. The number of carbonyl (C=O) groups excluding carboxylic acids is 1. The van der Waals surface area contributed by atoms with Crippen molar-refractivity contribution in [3.8, 4) is 5.75 Å². The van der Waals surface area contributed by atoms with Gasteiger partial charge in [-0.15, -0.1) is 0 Å². The number of halogens is 1. The van der Waals surface area contributed by atoms with Crippen molar-refractivity contribution in [2.45, 2.75) is 19.4 Å². The monoisotopic (exact) mass is 318 g/mol. The molecule has 0 bridgehead atoms. The third kappa shape index (κ3) is 4.90. The van der Waals surface area contributed by atoms with Gasteiger partial charge in [0.1, 0.15) is 12.4 Å². The van der Waals surface area contributed by atoms with E-state index in [4.69, 9.17) is 21.4 Å². The van der Waals surface area contributed by atoms with Gasteiger partial charge in [-0.1, -0.05) is 35.9 Å². The van der Waals surface area contributed by atoms with Crippen LogP contribution < -0.4 is 4.74 Å². The minimum absolute atomic E-state index is 0.0179. The molecule has 0 saturated heterocycles. The van der Waals surface area contributed by atoms with Gasteiger partial charge in [0.05, 0.1) is 0 Å². The number of rotatable bonds is 7. The number of ether oxygens (including phenoxy) is 1. The molecule has 0 aromatic heterocycles. The Morgan fingerprint density at radius 2 is 1.77 bits per heavy atom. The van der Waals surface area contributed by atoms with Gasteiger partial charge in [0.2, 0.25) is 5.78 Å². The molecule has 0 fully saturated rings. The second-order valence-corrected chi connectivity index (χ2v) is 5.23. The number of carboxylic acid groups (broad SMARTS) is 1. The molecule has 4 nitrogen and oxygen atoms in total. The first-order valence-electron chi connectivity index (χ1n) is 6.77. The van der Waals surface area contributed by atoms with Crippen molar-refractivity contribution in [3.05, 3.63) is 64.7 Å². The average molecular weight is 319 g/mol. The zero-order valence-electron chi connectivity index (χ0n) is 11.8. The van der Waals surface area contributed by atoms with Gasteiger partial charge in [-0.05, 0) is 41.8 Å². The number of hydrogen-bond donors (Lipinski definition) is 1. The average Bonchev–Trinajstić information content (AvgIpc) is 2.52. The molecule has 0 aliphatic carbocycles. The third-order valence-electron chi connectivity index (χ3n) is 3.10. The minimum atomic E-state index is -1.39. The second-order valence-electron chi connectivity index (χ2n) is 4.79. The second kappa shape index (κ2) is 7.61. The van der Waals surface area contributed by atoms with E-state index in [0.29, 0.717) is 23.8 Å². The molecule has 0 heterocycles. The fourth-order valence-electron chi connectivity index (χ4n) is 1.90. The van der Waals surface area contributed by atoms with Crippen molar-refractivity contribution in [2.24, 2.45) is 0 Å². The standard InChI is InChI=1S/C17H15ClO4/c18-14-7-4-13(5-8-14)11-22-15-3-1-2-12(10-15)6-9-16(19)17(20)21/h1-5,7-8,10H,6,9,11H2,(H,20,21). The Labute approximate surface area is 133 Å². The molecular formula is C17H15ClO4. The van der Waals surface area contributed by atoms with Crippen LogP contribution in [-0.2, 0) is 22.6 Å². The van der Waals surface area contributed by atoms with Crippen molar-refractivity contribution < 1.29 is 19.4 Å². The van der Waals surface area contributed by atoms with Gasteiger partial charge in [-0.2, -0.15) is 0 Å². The van der Waals surface area contributed by atoms with Crippen molar-refractivity contribution in [3.63, 3.8) is 0 Å². The number of aliphatic carboxylic acids is 1. The highest BCUT2D eigenvalue weighted by Gasteiger charge is 2.11. The number of ketones is 1. The van der Waals surface area contributed by atoms with E-state index in [1.807, 2.05) is 36.4 Å². The molecule has 0 atom stereocenters.